The monoisotopic (exact) mass is 409 g/mol. The first-order chi connectivity index (χ1) is 13.7. The molecule has 0 radical (unpaired) electrons. The Labute approximate surface area is 168 Å². The molecule has 0 saturated heterocycles. The third kappa shape index (κ3) is 5.52. The summed E-state index contributed by atoms with van der Waals surface area (Å²) in [5.74, 6) is 0.325. The number of aromatic nitrogens is 2. The number of halogens is 3. The molecule has 1 heterocycles. The van der Waals surface area contributed by atoms with Gasteiger partial charge in [-0.05, 0) is 51.7 Å². The predicted octanol–water partition coefficient (Wildman–Crippen LogP) is 5.76. The van der Waals surface area contributed by atoms with E-state index in [2.05, 4.69) is 9.97 Å². The molecule has 1 aromatic heterocycles. The lowest BCUT2D eigenvalue weighted by atomic mass is 9.98. The van der Waals surface area contributed by atoms with Crippen molar-refractivity contribution in [1.29, 1.82) is 0 Å². The number of alkyl halides is 3. The fourth-order valence-corrected chi connectivity index (χ4v) is 3.36. The molecule has 5 nitrogen and oxygen atoms in total. The van der Waals surface area contributed by atoms with E-state index in [1.165, 1.54) is 11.9 Å². The number of benzene rings is 1. The average Bonchev–Trinajstić information content (AvgIpc) is 2.67. The summed E-state index contributed by atoms with van der Waals surface area (Å²) >= 11 is 0. The molecule has 0 amide bonds. The Morgan fingerprint density at radius 2 is 1.86 bits per heavy atom. The first-order valence-electron chi connectivity index (χ1n) is 9.85. The molecule has 8 heteroatoms. The van der Waals surface area contributed by atoms with Crippen LogP contribution in [0.5, 0.6) is 11.8 Å². The summed E-state index contributed by atoms with van der Waals surface area (Å²) in [5.41, 5.74) is -0.387. The fraction of sp³-hybridized carbons (Fsp3) is 0.524. The fourth-order valence-electron chi connectivity index (χ4n) is 3.36. The number of hydrogen-bond donors (Lipinski definition) is 0. The third-order valence-electron chi connectivity index (χ3n) is 4.77. The van der Waals surface area contributed by atoms with Gasteiger partial charge in [-0.1, -0.05) is 12.5 Å². The van der Waals surface area contributed by atoms with E-state index in [4.69, 9.17) is 9.47 Å². The molecule has 158 valence electrons. The van der Waals surface area contributed by atoms with Gasteiger partial charge in [0, 0.05) is 25.0 Å². The third-order valence-corrected chi connectivity index (χ3v) is 4.77. The molecular weight excluding hydrogens is 383 g/mol. The van der Waals surface area contributed by atoms with Gasteiger partial charge in [-0.2, -0.15) is 18.2 Å². The van der Waals surface area contributed by atoms with Gasteiger partial charge >= 0.3 is 12.2 Å². The van der Waals surface area contributed by atoms with Gasteiger partial charge in [0.1, 0.15) is 17.4 Å². The quantitative estimate of drug-likeness (QED) is 0.607. The summed E-state index contributed by atoms with van der Waals surface area (Å²) in [6, 6.07) is 6.86. The van der Waals surface area contributed by atoms with Crippen molar-refractivity contribution in [3.63, 3.8) is 0 Å². The van der Waals surface area contributed by atoms with Gasteiger partial charge in [0.15, 0.2) is 5.82 Å². The lowest BCUT2D eigenvalue weighted by Gasteiger charge is -2.25. The Bertz CT molecular complexity index is 821. The molecule has 0 N–H and O–H groups in total. The van der Waals surface area contributed by atoms with Gasteiger partial charge in [-0.3, -0.25) is 0 Å². The molecule has 0 bridgehead atoms. The molecule has 1 aliphatic rings. The van der Waals surface area contributed by atoms with Crippen molar-refractivity contribution in [1.82, 2.24) is 9.97 Å². The average molecular weight is 409 g/mol. The lowest BCUT2D eigenvalue weighted by molar-refractivity contribution is -0.137. The summed E-state index contributed by atoms with van der Waals surface area (Å²) in [5, 5.41) is 0. The largest absolute Gasteiger partial charge is 0.491 e. The Balaban J connectivity index is 1.93. The standard InChI is InChI=1S/C21H26F3N3O2/c1-14(2)28-17-11-7-8-15(12-17)27(3)19-18(21(22,23)24)13-25-20(26-19)29-16-9-5-4-6-10-16/h7-8,11-14,16H,4-6,9-10H2,1-3H3. The van der Waals surface area contributed by atoms with E-state index < -0.39 is 11.7 Å². The van der Waals surface area contributed by atoms with E-state index in [1.54, 1.807) is 24.3 Å². The van der Waals surface area contributed by atoms with Crippen molar-refractivity contribution in [2.24, 2.45) is 0 Å². The van der Waals surface area contributed by atoms with E-state index in [-0.39, 0.29) is 24.0 Å². The first kappa shape index (κ1) is 21.2. The maximum atomic E-state index is 13.6. The van der Waals surface area contributed by atoms with Gasteiger partial charge in [0.05, 0.1) is 6.10 Å². The van der Waals surface area contributed by atoms with Crippen LogP contribution in [0.25, 0.3) is 0 Å². The van der Waals surface area contributed by atoms with Crippen LogP contribution in [0.1, 0.15) is 51.5 Å². The van der Waals surface area contributed by atoms with Crippen LogP contribution in [0.15, 0.2) is 30.5 Å². The van der Waals surface area contributed by atoms with Gasteiger partial charge in [0.25, 0.3) is 0 Å². The maximum absolute atomic E-state index is 13.6. The van der Waals surface area contributed by atoms with Gasteiger partial charge in [-0.25, -0.2) is 4.98 Å². The van der Waals surface area contributed by atoms with Gasteiger partial charge in [0.2, 0.25) is 0 Å². The second-order valence-electron chi connectivity index (χ2n) is 7.49. The van der Waals surface area contributed by atoms with Gasteiger partial charge in [-0.15, -0.1) is 0 Å². The number of hydrogen-bond acceptors (Lipinski definition) is 5. The molecule has 1 aliphatic carbocycles. The highest BCUT2D eigenvalue weighted by molar-refractivity contribution is 5.64. The molecule has 2 aromatic rings. The zero-order valence-corrected chi connectivity index (χ0v) is 16.9. The van der Waals surface area contributed by atoms with E-state index in [1.807, 2.05) is 13.8 Å². The van der Waals surface area contributed by atoms with E-state index in [0.29, 0.717) is 11.4 Å². The molecule has 1 saturated carbocycles. The molecule has 0 spiro atoms. The van der Waals surface area contributed by atoms with Crippen molar-refractivity contribution in [3.8, 4) is 11.8 Å². The molecular formula is C21H26F3N3O2. The molecule has 0 unspecified atom stereocenters. The Kier molecular flexibility index (Phi) is 6.49. The van der Waals surface area contributed by atoms with Crippen LogP contribution in [-0.2, 0) is 6.18 Å². The van der Waals surface area contributed by atoms with Crippen molar-refractivity contribution in [2.75, 3.05) is 11.9 Å². The van der Waals surface area contributed by atoms with Crippen molar-refractivity contribution in [2.45, 2.75) is 64.3 Å². The van der Waals surface area contributed by atoms with E-state index in [0.717, 1.165) is 38.3 Å². The molecule has 0 aliphatic heterocycles. The topological polar surface area (TPSA) is 47.5 Å². The highest BCUT2D eigenvalue weighted by atomic mass is 19.4. The Morgan fingerprint density at radius 1 is 1.14 bits per heavy atom. The molecule has 1 fully saturated rings. The predicted molar refractivity (Wildman–Crippen MR) is 105 cm³/mol. The zero-order chi connectivity index (χ0) is 21.0. The number of rotatable bonds is 6. The highest BCUT2D eigenvalue weighted by Gasteiger charge is 2.37. The van der Waals surface area contributed by atoms with Crippen LogP contribution < -0.4 is 14.4 Å². The molecule has 0 atom stereocenters. The van der Waals surface area contributed by atoms with Crippen molar-refractivity contribution < 1.29 is 22.6 Å². The smallest absolute Gasteiger partial charge is 0.421 e. The Hall–Kier alpha value is -2.51. The second-order valence-corrected chi connectivity index (χ2v) is 7.49. The van der Waals surface area contributed by atoms with Crippen molar-refractivity contribution in [3.05, 3.63) is 36.0 Å². The molecule has 29 heavy (non-hydrogen) atoms. The van der Waals surface area contributed by atoms with Gasteiger partial charge < -0.3 is 14.4 Å². The summed E-state index contributed by atoms with van der Waals surface area (Å²) in [7, 11) is 1.54. The number of anilines is 2. The van der Waals surface area contributed by atoms with E-state index >= 15 is 0 Å². The first-order valence-corrected chi connectivity index (χ1v) is 9.85. The summed E-state index contributed by atoms with van der Waals surface area (Å²) in [6.07, 6.45) is 1.08. The van der Waals surface area contributed by atoms with Crippen LogP contribution in [0.4, 0.5) is 24.7 Å². The minimum Gasteiger partial charge on any atom is -0.491 e. The highest BCUT2D eigenvalue weighted by Crippen LogP contribution is 2.38. The van der Waals surface area contributed by atoms with E-state index in [9.17, 15) is 13.2 Å². The zero-order valence-electron chi connectivity index (χ0n) is 16.9. The Morgan fingerprint density at radius 3 is 2.52 bits per heavy atom. The minimum absolute atomic E-state index is 0.0265. The van der Waals surface area contributed by atoms with Crippen LogP contribution in [0.3, 0.4) is 0 Å². The molecule has 3 rings (SSSR count). The normalized spacial score (nSPS) is 15.4. The SMILES string of the molecule is CC(C)Oc1cccc(N(C)c2nc(OC3CCCCC3)ncc2C(F)(F)F)c1. The lowest BCUT2D eigenvalue weighted by Crippen LogP contribution is -2.23. The summed E-state index contributed by atoms with van der Waals surface area (Å²) < 4.78 is 52.2. The maximum Gasteiger partial charge on any atom is 0.421 e. The summed E-state index contributed by atoms with van der Waals surface area (Å²) in [4.78, 5) is 9.34. The van der Waals surface area contributed by atoms with Crippen LogP contribution >= 0.6 is 0 Å². The number of nitrogens with zero attached hydrogens (tertiary/aromatic N) is 3. The van der Waals surface area contributed by atoms with Crippen LogP contribution in [0, 0.1) is 0 Å². The van der Waals surface area contributed by atoms with Crippen LogP contribution in [-0.4, -0.2) is 29.2 Å². The number of ether oxygens (including phenoxy) is 2. The second kappa shape index (κ2) is 8.88. The summed E-state index contributed by atoms with van der Waals surface area (Å²) in [6.45, 7) is 3.77. The minimum atomic E-state index is -4.58. The van der Waals surface area contributed by atoms with Crippen LogP contribution in [0.2, 0.25) is 0 Å². The van der Waals surface area contributed by atoms with Crippen molar-refractivity contribution >= 4 is 11.5 Å². The molecule has 1 aromatic carbocycles.